The number of para-hydroxylation sites is 1. The van der Waals surface area contributed by atoms with Crippen LogP contribution in [0.3, 0.4) is 0 Å². The number of thiazole rings is 1. The van der Waals surface area contributed by atoms with Crippen LogP contribution in [0.15, 0.2) is 48.2 Å². The topological polar surface area (TPSA) is 103 Å². The molecule has 2 aromatic carbocycles. The monoisotopic (exact) mass is 366 g/mol. The van der Waals surface area contributed by atoms with Gasteiger partial charge in [-0.1, -0.05) is 18.2 Å². The van der Waals surface area contributed by atoms with Crippen molar-refractivity contribution in [2.75, 3.05) is 11.4 Å². The molecule has 0 spiro atoms. The number of hydrogen-bond acceptors (Lipinski definition) is 6. The van der Waals surface area contributed by atoms with Crippen LogP contribution < -0.4 is 4.90 Å². The lowest BCUT2D eigenvalue weighted by Gasteiger charge is -2.20. The van der Waals surface area contributed by atoms with Crippen molar-refractivity contribution < 1.29 is 10.0 Å². The summed E-state index contributed by atoms with van der Waals surface area (Å²) in [5.74, 6) is 0.130. The van der Waals surface area contributed by atoms with Gasteiger partial charge in [0.05, 0.1) is 38.5 Å². The summed E-state index contributed by atoms with van der Waals surface area (Å²) in [6.07, 6.45) is 0. The number of nitrogens with zero attached hydrogens (tertiary/aromatic N) is 3. The molecule has 0 unspecified atom stereocenters. The fraction of sp³-hybridized carbons (Fsp3) is 0.111. The van der Waals surface area contributed by atoms with E-state index >= 15 is 0 Å². The number of nitro groups is 1. The van der Waals surface area contributed by atoms with Crippen LogP contribution in [-0.4, -0.2) is 27.4 Å². The summed E-state index contributed by atoms with van der Waals surface area (Å²) in [4.78, 5) is 16.8. The molecule has 0 radical (unpaired) electrons. The lowest BCUT2D eigenvalue weighted by atomic mass is 10.1. The van der Waals surface area contributed by atoms with Crippen LogP contribution in [0.1, 0.15) is 10.6 Å². The van der Waals surface area contributed by atoms with Crippen molar-refractivity contribution in [3.63, 3.8) is 0 Å². The largest absolute Gasteiger partial charge is 0.510 e. The SMILES string of the molecule is Cc1c(N2CC(O)=C(c3nc4ccccc4s3)C2=N)cccc1[N+](=O)[O-]. The molecule has 0 atom stereocenters. The number of rotatable bonds is 3. The van der Waals surface area contributed by atoms with E-state index in [0.717, 1.165) is 10.2 Å². The average Bonchev–Trinajstić information content (AvgIpc) is 3.15. The Bertz CT molecular complexity index is 1070. The minimum atomic E-state index is -0.444. The van der Waals surface area contributed by atoms with Crippen molar-refractivity contribution in [3.05, 3.63) is 68.9 Å². The second-order valence-electron chi connectivity index (χ2n) is 5.92. The molecule has 0 saturated heterocycles. The maximum absolute atomic E-state index is 11.2. The highest BCUT2D eigenvalue weighted by molar-refractivity contribution is 7.19. The molecule has 26 heavy (non-hydrogen) atoms. The van der Waals surface area contributed by atoms with Gasteiger partial charge in [-0.2, -0.15) is 0 Å². The molecule has 8 heteroatoms. The summed E-state index contributed by atoms with van der Waals surface area (Å²) in [7, 11) is 0. The van der Waals surface area contributed by atoms with E-state index in [9.17, 15) is 15.2 Å². The highest BCUT2D eigenvalue weighted by Gasteiger charge is 2.33. The zero-order valence-electron chi connectivity index (χ0n) is 13.8. The summed E-state index contributed by atoms with van der Waals surface area (Å²) in [5.41, 5.74) is 2.17. The molecule has 0 saturated carbocycles. The van der Waals surface area contributed by atoms with Gasteiger partial charge in [0, 0.05) is 6.07 Å². The maximum Gasteiger partial charge on any atom is 0.274 e. The van der Waals surface area contributed by atoms with Gasteiger partial charge >= 0.3 is 0 Å². The number of aliphatic hydroxyl groups excluding tert-OH is 1. The van der Waals surface area contributed by atoms with Gasteiger partial charge in [0.15, 0.2) is 0 Å². The van der Waals surface area contributed by atoms with Crippen LogP contribution in [0.4, 0.5) is 11.4 Å². The zero-order valence-corrected chi connectivity index (χ0v) is 14.6. The minimum absolute atomic E-state index is 0.0109. The first-order valence-electron chi connectivity index (χ1n) is 7.86. The van der Waals surface area contributed by atoms with E-state index in [1.54, 1.807) is 24.0 Å². The van der Waals surface area contributed by atoms with Gasteiger partial charge in [-0.05, 0) is 25.1 Å². The first-order chi connectivity index (χ1) is 12.5. The summed E-state index contributed by atoms with van der Waals surface area (Å²) >= 11 is 1.41. The second-order valence-corrected chi connectivity index (χ2v) is 6.95. The predicted octanol–water partition coefficient (Wildman–Crippen LogP) is 4.28. The molecule has 0 fully saturated rings. The van der Waals surface area contributed by atoms with Crippen LogP contribution in [0, 0.1) is 22.4 Å². The van der Waals surface area contributed by atoms with E-state index in [1.807, 2.05) is 24.3 Å². The Morgan fingerprint density at radius 3 is 2.77 bits per heavy atom. The van der Waals surface area contributed by atoms with Crippen LogP contribution in [0.25, 0.3) is 15.8 Å². The van der Waals surface area contributed by atoms with E-state index < -0.39 is 4.92 Å². The number of fused-ring (bicyclic) bond motifs is 1. The van der Waals surface area contributed by atoms with Gasteiger partial charge in [-0.15, -0.1) is 11.3 Å². The van der Waals surface area contributed by atoms with Gasteiger partial charge in [0.2, 0.25) is 0 Å². The molecule has 3 aromatic rings. The summed E-state index contributed by atoms with van der Waals surface area (Å²) in [5, 5.41) is 30.7. The van der Waals surface area contributed by atoms with Crippen molar-refractivity contribution in [3.8, 4) is 0 Å². The first kappa shape index (κ1) is 16.2. The first-order valence-corrected chi connectivity index (χ1v) is 8.67. The molecular weight excluding hydrogens is 352 g/mol. The van der Waals surface area contributed by atoms with Crippen molar-refractivity contribution in [1.82, 2.24) is 4.98 Å². The summed E-state index contributed by atoms with van der Waals surface area (Å²) < 4.78 is 0.973. The van der Waals surface area contributed by atoms with E-state index in [2.05, 4.69) is 4.98 Å². The quantitative estimate of drug-likeness (QED) is 0.532. The van der Waals surface area contributed by atoms with Crippen LogP contribution in [-0.2, 0) is 0 Å². The number of nitrogens with one attached hydrogen (secondary N) is 1. The molecule has 1 aliphatic rings. The van der Waals surface area contributed by atoms with Crippen LogP contribution in [0.2, 0.25) is 0 Å². The van der Waals surface area contributed by atoms with Gasteiger partial charge < -0.3 is 10.0 Å². The predicted molar refractivity (Wildman–Crippen MR) is 102 cm³/mol. The molecular formula is C18H14N4O3S. The Kier molecular flexibility index (Phi) is 3.69. The number of hydrogen-bond donors (Lipinski definition) is 2. The standard InChI is InChI=1S/C18H14N4O3S/c1-10-12(6-4-7-13(10)22(24)25)21-9-14(23)16(17(21)19)18-20-11-5-2-3-8-15(11)26-18/h2-8,19,23H,9H2,1H3. The van der Waals surface area contributed by atoms with Crippen molar-refractivity contribution in [2.45, 2.75) is 6.92 Å². The molecule has 0 bridgehead atoms. The Morgan fingerprint density at radius 2 is 2.04 bits per heavy atom. The molecule has 0 amide bonds. The summed E-state index contributed by atoms with van der Waals surface area (Å²) in [6, 6.07) is 12.4. The zero-order chi connectivity index (χ0) is 18.4. The van der Waals surface area contributed by atoms with E-state index in [0.29, 0.717) is 21.8 Å². The maximum atomic E-state index is 11.2. The molecule has 2 N–H and O–H groups in total. The van der Waals surface area contributed by atoms with E-state index in [1.165, 1.54) is 17.4 Å². The molecule has 4 rings (SSSR count). The van der Waals surface area contributed by atoms with Crippen molar-refractivity contribution in [1.29, 1.82) is 5.41 Å². The van der Waals surface area contributed by atoms with E-state index in [-0.39, 0.29) is 23.8 Å². The molecule has 130 valence electrons. The van der Waals surface area contributed by atoms with Crippen LogP contribution in [0.5, 0.6) is 0 Å². The Hall–Kier alpha value is -3.26. The molecule has 1 aliphatic heterocycles. The average molecular weight is 366 g/mol. The third-order valence-corrected chi connectivity index (χ3v) is 5.43. The Balaban J connectivity index is 1.75. The van der Waals surface area contributed by atoms with Crippen LogP contribution >= 0.6 is 11.3 Å². The molecule has 0 aliphatic carbocycles. The lowest BCUT2D eigenvalue weighted by molar-refractivity contribution is -0.385. The number of aromatic nitrogens is 1. The van der Waals surface area contributed by atoms with Gasteiger partial charge in [0.25, 0.3) is 5.69 Å². The fourth-order valence-corrected chi connectivity index (χ4v) is 4.12. The van der Waals surface area contributed by atoms with E-state index in [4.69, 9.17) is 5.41 Å². The second kappa shape index (κ2) is 5.92. The smallest absolute Gasteiger partial charge is 0.274 e. The highest BCUT2D eigenvalue weighted by Crippen LogP contribution is 2.37. The number of aliphatic hydroxyl groups is 1. The van der Waals surface area contributed by atoms with Gasteiger partial charge in [-0.25, -0.2) is 4.98 Å². The molecule has 7 nitrogen and oxygen atoms in total. The van der Waals surface area contributed by atoms with Crippen molar-refractivity contribution in [2.24, 2.45) is 0 Å². The number of anilines is 1. The van der Waals surface area contributed by atoms with Gasteiger partial charge in [0.1, 0.15) is 16.6 Å². The molecule has 2 heterocycles. The third-order valence-electron chi connectivity index (χ3n) is 4.38. The lowest BCUT2D eigenvalue weighted by Crippen LogP contribution is -2.27. The fourth-order valence-electron chi connectivity index (χ4n) is 3.09. The number of nitro benzene ring substituents is 1. The Labute approximate surface area is 152 Å². The normalized spacial score (nSPS) is 14.5. The van der Waals surface area contributed by atoms with Crippen molar-refractivity contribution >= 4 is 44.3 Å². The number of amidine groups is 1. The highest BCUT2D eigenvalue weighted by atomic mass is 32.1. The summed E-state index contributed by atoms with van der Waals surface area (Å²) in [6.45, 7) is 1.74. The third kappa shape index (κ3) is 2.42. The van der Waals surface area contributed by atoms with Gasteiger partial charge in [-0.3, -0.25) is 15.5 Å². The minimum Gasteiger partial charge on any atom is -0.510 e. The number of benzene rings is 2. The Morgan fingerprint density at radius 1 is 1.27 bits per heavy atom. The molecule has 1 aromatic heterocycles.